The fourth-order valence-electron chi connectivity index (χ4n) is 2.76. The van der Waals surface area contributed by atoms with E-state index in [0.717, 1.165) is 6.07 Å². The summed E-state index contributed by atoms with van der Waals surface area (Å²) in [7, 11) is 0. The van der Waals surface area contributed by atoms with Gasteiger partial charge in [0.15, 0.2) is 0 Å². The molecule has 0 amide bonds. The third-order valence-corrected chi connectivity index (χ3v) is 4.38. The monoisotopic (exact) mass is 403 g/mol. The van der Waals surface area contributed by atoms with Gasteiger partial charge >= 0.3 is 11.6 Å². The molecule has 28 heavy (non-hydrogen) atoms. The topological polar surface area (TPSA) is 120 Å². The smallest absolute Gasteiger partial charge is 0.345 e. The van der Waals surface area contributed by atoms with Crippen LogP contribution in [-0.2, 0) is 17.8 Å². The molecule has 0 fully saturated rings. The summed E-state index contributed by atoms with van der Waals surface area (Å²) >= 11 is 5.74. The molecule has 3 rings (SSSR count). The van der Waals surface area contributed by atoms with Crippen molar-refractivity contribution >= 4 is 34.2 Å². The zero-order valence-corrected chi connectivity index (χ0v) is 15.4. The highest BCUT2D eigenvalue weighted by molar-refractivity contribution is 6.31. The number of halogens is 1. The average molecular weight is 404 g/mol. The van der Waals surface area contributed by atoms with Crippen molar-refractivity contribution < 1.29 is 24.0 Å². The Bertz CT molecular complexity index is 1150. The van der Waals surface area contributed by atoms with Crippen molar-refractivity contribution in [1.29, 1.82) is 0 Å². The fourth-order valence-corrected chi connectivity index (χ4v) is 2.93. The molecule has 2 aromatic carbocycles. The molecular formula is C19H14ClNO7. The third kappa shape index (κ3) is 3.81. The Balaban J connectivity index is 1.95. The first-order valence-corrected chi connectivity index (χ1v) is 8.57. The number of ether oxygens (including phenoxy) is 1. The van der Waals surface area contributed by atoms with Gasteiger partial charge in [-0.05, 0) is 30.2 Å². The van der Waals surface area contributed by atoms with Crippen LogP contribution in [0.1, 0.15) is 28.4 Å². The lowest BCUT2D eigenvalue weighted by Gasteiger charge is -2.10. The summed E-state index contributed by atoms with van der Waals surface area (Å²) in [6.45, 7) is 1.54. The van der Waals surface area contributed by atoms with E-state index in [-0.39, 0.29) is 28.5 Å². The van der Waals surface area contributed by atoms with Gasteiger partial charge in [-0.2, -0.15) is 0 Å². The number of hydrogen-bond donors (Lipinski definition) is 1. The molecule has 0 atom stereocenters. The third-order valence-electron chi connectivity index (χ3n) is 4.15. The standard InChI is InChI=1S/C19H14ClNO7/c1-2-10-5-14-11(6-18(23)28-17(14)8-16(10)22)9-27-19(24)13-4-3-12(20)7-15(13)21(25)26/h3-8,22H,2,9H2,1H3. The average Bonchev–Trinajstić information content (AvgIpc) is 2.65. The number of carbonyl (C=O) groups excluding carboxylic acids is 1. The number of aromatic hydroxyl groups is 1. The van der Waals surface area contributed by atoms with Crippen LogP contribution in [0, 0.1) is 10.1 Å². The number of rotatable bonds is 5. The van der Waals surface area contributed by atoms with Gasteiger partial charge in [-0.3, -0.25) is 10.1 Å². The zero-order chi connectivity index (χ0) is 20.4. The lowest BCUT2D eigenvalue weighted by Crippen LogP contribution is -2.10. The highest BCUT2D eigenvalue weighted by Crippen LogP contribution is 2.28. The molecule has 3 aromatic rings. The van der Waals surface area contributed by atoms with Gasteiger partial charge in [0.1, 0.15) is 23.5 Å². The molecule has 9 heteroatoms. The molecule has 144 valence electrons. The van der Waals surface area contributed by atoms with Crippen LogP contribution in [0.25, 0.3) is 11.0 Å². The summed E-state index contributed by atoms with van der Waals surface area (Å²) in [4.78, 5) is 34.5. The largest absolute Gasteiger partial charge is 0.508 e. The van der Waals surface area contributed by atoms with E-state index in [1.165, 1.54) is 24.3 Å². The zero-order valence-electron chi connectivity index (χ0n) is 14.6. The summed E-state index contributed by atoms with van der Waals surface area (Å²) in [6, 6.07) is 7.73. The first-order chi connectivity index (χ1) is 13.3. The lowest BCUT2D eigenvalue weighted by molar-refractivity contribution is -0.385. The molecular weight excluding hydrogens is 390 g/mol. The van der Waals surface area contributed by atoms with Gasteiger partial charge in [-0.1, -0.05) is 18.5 Å². The van der Waals surface area contributed by atoms with E-state index in [2.05, 4.69) is 0 Å². The van der Waals surface area contributed by atoms with Gasteiger partial charge in [0.2, 0.25) is 0 Å². The second-order valence-corrected chi connectivity index (χ2v) is 6.35. The van der Waals surface area contributed by atoms with Gasteiger partial charge in [-0.15, -0.1) is 0 Å². The normalized spacial score (nSPS) is 10.8. The van der Waals surface area contributed by atoms with Crippen LogP contribution in [0.3, 0.4) is 0 Å². The Hall–Kier alpha value is -3.39. The van der Waals surface area contributed by atoms with Gasteiger partial charge < -0.3 is 14.3 Å². The number of esters is 1. The number of nitrogens with zero attached hydrogens (tertiary/aromatic N) is 1. The molecule has 0 aliphatic carbocycles. The fraction of sp³-hybridized carbons (Fsp3) is 0.158. The van der Waals surface area contributed by atoms with Crippen LogP contribution in [0.15, 0.2) is 45.6 Å². The van der Waals surface area contributed by atoms with Gasteiger partial charge in [-0.25, -0.2) is 9.59 Å². The predicted molar refractivity (Wildman–Crippen MR) is 101 cm³/mol. The molecule has 0 spiro atoms. The van der Waals surface area contributed by atoms with E-state index in [9.17, 15) is 24.8 Å². The Morgan fingerprint density at radius 1 is 1.25 bits per heavy atom. The summed E-state index contributed by atoms with van der Waals surface area (Å²) in [5.41, 5.74) is -0.291. The predicted octanol–water partition coefficient (Wildman–Crippen LogP) is 3.98. The van der Waals surface area contributed by atoms with E-state index in [0.29, 0.717) is 22.9 Å². The number of phenolic OH excluding ortho intramolecular Hbond substituents is 1. The molecule has 0 radical (unpaired) electrons. The van der Waals surface area contributed by atoms with Crippen LogP contribution in [0.5, 0.6) is 5.75 Å². The van der Waals surface area contributed by atoms with E-state index >= 15 is 0 Å². The van der Waals surface area contributed by atoms with Crippen LogP contribution < -0.4 is 5.63 Å². The Morgan fingerprint density at radius 2 is 2.00 bits per heavy atom. The number of fused-ring (bicyclic) bond motifs is 1. The first-order valence-electron chi connectivity index (χ1n) is 8.19. The molecule has 1 N–H and O–H groups in total. The number of hydrogen-bond acceptors (Lipinski definition) is 7. The summed E-state index contributed by atoms with van der Waals surface area (Å²) in [5.74, 6) is -0.941. The number of aryl methyl sites for hydroxylation is 1. The minimum atomic E-state index is -0.931. The summed E-state index contributed by atoms with van der Waals surface area (Å²) in [6.07, 6.45) is 0.539. The van der Waals surface area contributed by atoms with Crippen LogP contribution in [0.4, 0.5) is 5.69 Å². The molecule has 1 heterocycles. The van der Waals surface area contributed by atoms with Crippen LogP contribution >= 0.6 is 11.6 Å². The van der Waals surface area contributed by atoms with Crippen molar-refractivity contribution in [1.82, 2.24) is 0 Å². The van der Waals surface area contributed by atoms with Crippen molar-refractivity contribution in [2.24, 2.45) is 0 Å². The van der Waals surface area contributed by atoms with Crippen molar-refractivity contribution in [3.63, 3.8) is 0 Å². The van der Waals surface area contributed by atoms with Gasteiger partial charge in [0.25, 0.3) is 5.69 Å². The van der Waals surface area contributed by atoms with E-state index in [1.54, 1.807) is 6.07 Å². The second-order valence-electron chi connectivity index (χ2n) is 5.92. The molecule has 0 bridgehead atoms. The first kappa shape index (κ1) is 19.4. The maximum atomic E-state index is 12.3. The number of nitro groups is 1. The maximum absolute atomic E-state index is 12.3. The maximum Gasteiger partial charge on any atom is 0.345 e. The molecule has 0 aliphatic heterocycles. The lowest BCUT2D eigenvalue weighted by atomic mass is 10.0. The quantitative estimate of drug-likeness (QED) is 0.296. The van der Waals surface area contributed by atoms with Crippen molar-refractivity contribution in [3.8, 4) is 5.75 Å². The highest BCUT2D eigenvalue weighted by atomic mass is 35.5. The molecule has 0 aliphatic rings. The number of benzene rings is 2. The van der Waals surface area contributed by atoms with Gasteiger partial charge in [0, 0.05) is 34.2 Å². The Kier molecular flexibility index (Phi) is 5.32. The minimum Gasteiger partial charge on any atom is -0.508 e. The van der Waals surface area contributed by atoms with Crippen LogP contribution in [0.2, 0.25) is 5.02 Å². The molecule has 0 unspecified atom stereocenters. The molecule has 0 saturated heterocycles. The van der Waals surface area contributed by atoms with Crippen molar-refractivity contribution in [2.45, 2.75) is 20.0 Å². The van der Waals surface area contributed by atoms with Crippen molar-refractivity contribution in [3.05, 3.63) is 78.6 Å². The van der Waals surface area contributed by atoms with E-state index < -0.39 is 22.2 Å². The Labute approximate surface area is 163 Å². The van der Waals surface area contributed by atoms with E-state index in [1.807, 2.05) is 6.92 Å². The SMILES string of the molecule is CCc1cc2c(COC(=O)c3ccc(Cl)cc3[N+](=O)[O-])cc(=O)oc2cc1O. The van der Waals surface area contributed by atoms with E-state index in [4.69, 9.17) is 20.8 Å². The van der Waals surface area contributed by atoms with Crippen LogP contribution in [-0.4, -0.2) is 16.0 Å². The molecule has 8 nitrogen and oxygen atoms in total. The molecule has 0 saturated carbocycles. The highest BCUT2D eigenvalue weighted by Gasteiger charge is 2.22. The number of phenols is 1. The molecule has 1 aromatic heterocycles. The van der Waals surface area contributed by atoms with Gasteiger partial charge in [0.05, 0.1) is 4.92 Å². The number of nitro benzene ring substituents is 1. The number of carbonyl (C=O) groups is 1. The second kappa shape index (κ2) is 7.69. The minimum absolute atomic E-state index is 0.0101. The summed E-state index contributed by atoms with van der Waals surface area (Å²) < 4.78 is 10.3. The summed E-state index contributed by atoms with van der Waals surface area (Å²) in [5, 5.41) is 21.7. The van der Waals surface area contributed by atoms with Crippen molar-refractivity contribution in [2.75, 3.05) is 0 Å². The Morgan fingerprint density at radius 3 is 2.68 bits per heavy atom.